The zero-order valence-corrected chi connectivity index (χ0v) is 19.8. The highest BCUT2D eigenvalue weighted by molar-refractivity contribution is 5.95. The van der Waals surface area contributed by atoms with E-state index in [-0.39, 0.29) is 19.0 Å². The van der Waals surface area contributed by atoms with Crippen molar-refractivity contribution in [3.63, 3.8) is 0 Å². The summed E-state index contributed by atoms with van der Waals surface area (Å²) in [5.74, 6) is -5.34. The van der Waals surface area contributed by atoms with Crippen molar-refractivity contribution in [1.82, 2.24) is 5.32 Å². The zero-order valence-electron chi connectivity index (χ0n) is 19.8. The Bertz CT molecular complexity index is 1150. The molecule has 5 nitrogen and oxygen atoms in total. The van der Waals surface area contributed by atoms with Gasteiger partial charge in [-0.05, 0) is 55.0 Å². The highest BCUT2D eigenvalue weighted by Crippen LogP contribution is 2.24. The molecule has 0 aliphatic carbocycles. The van der Waals surface area contributed by atoms with E-state index in [1.165, 1.54) is 0 Å². The Balaban J connectivity index is 1.72. The van der Waals surface area contributed by atoms with Crippen molar-refractivity contribution in [3.05, 3.63) is 89.5 Å². The van der Waals surface area contributed by atoms with Crippen molar-refractivity contribution in [2.75, 3.05) is 6.61 Å². The minimum atomic E-state index is -1.32. The average Bonchev–Trinajstić information content (AvgIpc) is 2.86. The van der Waals surface area contributed by atoms with Crippen LogP contribution in [0.5, 0.6) is 5.75 Å². The maximum Gasteiger partial charge on any atom is 0.308 e. The number of benzene rings is 3. The molecule has 0 saturated heterocycles. The minimum Gasteiger partial charge on any atom is -0.503 e. The molecule has 0 heterocycles. The van der Waals surface area contributed by atoms with E-state index in [1.807, 2.05) is 54.6 Å². The highest BCUT2D eigenvalue weighted by Gasteiger charge is 2.24. The van der Waals surface area contributed by atoms with Crippen LogP contribution in [-0.4, -0.2) is 29.6 Å². The Kier molecular flexibility index (Phi) is 8.95. The fraction of sp³-hybridized carbons (Fsp3) is 0.286. The summed E-state index contributed by atoms with van der Waals surface area (Å²) in [6, 6.07) is 19.4. The van der Waals surface area contributed by atoms with E-state index in [4.69, 9.17) is 4.74 Å². The fourth-order valence-electron chi connectivity index (χ4n) is 3.87. The first-order valence-corrected chi connectivity index (χ1v) is 11.6. The van der Waals surface area contributed by atoms with Crippen LogP contribution in [0.4, 0.5) is 8.78 Å². The van der Waals surface area contributed by atoms with Gasteiger partial charge in [0, 0.05) is 6.04 Å². The first-order valence-electron chi connectivity index (χ1n) is 11.6. The molecule has 35 heavy (non-hydrogen) atoms. The van der Waals surface area contributed by atoms with E-state index in [1.54, 1.807) is 13.8 Å². The number of hydrogen-bond donors (Lipinski definition) is 2. The lowest BCUT2D eigenvalue weighted by molar-refractivity contribution is -0.147. The molecule has 0 radical (unpaired) electrons. The van der Waals surface area contributed by atoms with Crippen LogP contribution in [0.2, 0.25) is 0 Å². The summed E-state index contributed by atoms with van der Waals surface area (Å²) in [7, 11) is 0. The number of ether oxygens (including phenoxy) is 1. The monoisotopic (exact) mass is 481 g/mol. The molecule has 0 aromatic heterocycles. The highest BCUT2D eigenvalue weighted by atomic mass is 19.1. The van der Waals surface area contributed by atoms with Crippen molar-refractivity contribution in [2.24, 2.45) is 5.92 Å². The van der Waals surface area contributed by atoms with Crippen LogP contribution >= 0.6 is 0 Å². The zero-order chi connectivity index (χ0) is 25.4. The number of esters is 1. The van der Waals surface area contributed by atoms with E-state index in [0.29, 0.717) is 12.8 Å². The van der Waals surface area contributed by atoms with Crippen LogP contribution < -0.4 is 5.32 Å². The van der Waals surface area contributed by atoms with Crippen molar-refractivity contribution >= 4 is 11.9 Å². The number of carbonyl (C=O) groups is 2. The van der Waals surface area contributed by atoms with Crippen molar-refractivity contribution in [3.8, 4) is 16.9 Å². The Morgan fingerprint density at radius 2 is 1.63 bits per heavy atom. The molecule has 3 rings (SSSR count). The second kappa shape index (κ2) is 12.1. The van der Waals surface area contributed by atoms with Crippen LogP contribution in [0, 0.1) is 17.6 Å². The molecule has 0 aliphatic rings. The van der Waals surface area contributed by atoms with Gasteiger partial charge in [0.15, 0.2) is 17.4 Å². The Morgan fingerprint density at radius 1 is 0.971 bits per heavy atom. The molecule has 0 spiro atoms. The van der Waals surface area contributed by atoms with Crippen LogP contribution in [0.15, 0.2) is 66.7 Å². The summed E-state index contributed by atoms with van der Waals surface area (Å²) < 4.78 is 32.7. The van der Waals surface area contributed by atoms with Gasteiger partial charge in [-0.15, -0.1) is 0 Å². The van der Waals surface area contributed by atoms with Gasteiger partial charge in [-0.25, -0.2) is 8.78 Å². The number of amides is 1. The molecule has 3 aromatic carbocycles. The van der Waals surface area contributed by atoms with Gasteiger partial charge in [0.25, 0.3) is 5.91 Å². The maximum atomic E-state index is 14.3. The normalized spacial score (nSPS) is 12.6. The second-order valence-electron chi connectivity index (χ2n) is 8.42. The molecule has 2 atom stereocenters. The molecule has 0 bridgehead atoms. The van der Waals surface area contributed by atoms with Gasteiger partial charge < -0.3 is 15.2 Å². The SMILES string of the molecule is CCOC(=O)[C@H](C)C[C@@H](CCc1ccc(-c2ccccc2)cc1)NC(=O)c1ccc(F)c(O)c1F. The largest absolute Gasteiger partial charge is 0.503 e. The van der Waals surface area contributed by atoms with Crippen LogP contribution in [0.25, 0.3) is 11.1 Å². The van der Waals surface area contributed by atoms with Gasteiger partial charge in [-0.2, -0.15) is 0 Å². The molecule has 0 aliphatic heterocycles. The van der Waals surface area contributed by atoms with Crippen molar-refractivity contribution in [1.29, 1.82) is 0 Å². The summed E-state index contributed by atoms with van der Waals surface area (Å²) in [6.07, 6.45) is 1.36. The molecular formula is C28H29F2NO4. The quantitative estimate of drug-likeness (QED) is 0.367. The molecule has 1 amide bonds. The van der Waals surface area contributed by atoms with E-state index < -0.39 is 40.8 Å². The third kappa shape index (κ3) is 6.88. The molecule has 0 saturated carbocycles. The minimum absolute atomic E-state index is 0.244. The summed E-state index contributed by atoms with van der Waals surface area (Å²) in [4.78, 5) is 24.9. The first-order chi connectivity index (χ1) is 16.8. The number of aromatic hydroxyl groups is 1. The summed E-state index contributed by atoms with van der Waals surface area (Å²) >= 11 is 0. The maximum absolute atomic E-state index is 14.3. The van der Waals surface area contributed by atoms with Crippen LogP contribution in [0.3, 0.4) is 0 Å². The summed E-state index contributed by atoms with van der Waals surface area (Å²) in [5.41, 5.74) is 2.77. The second-order valence-corrected chi connectivity index (χ2v) is 8.42. The number of aryl methyl sites for hydroxylation is 1. The Morgan fingerprint density at radius 3 is 2.29 bits per heavy atom. The number of halogens is 2. The summed E-state index contributed by atoms with van der Waals surface area (Å²) in [6.45, 7) is 3.66. The van der Waals surface area contributed by atoms with E-state index in [0.717, 1.165) is 28.8 Å². The lowest BCUT2D eigenvalue weighted by atomic mass is 9.95. The number of phenolic OH excluding ortho intramolecular Hbond substituents is 1. The first kappa shape index (κ1) is 25.9. The average molecular weight is 482 g/mol. The predicted octanol–water partition coefficient (Wildman–Crippen LogP) is 5.66. The predicted molar refractivity (Wildman–Crippen MR) is 130 cm³/mol. The number of rotatable bonds is 10. The van der Waals surface area contributed by atoms with E-state index in [2.05, 4.69) is 5.32 Å². The van der Waals surface area contributed by atoms with Crippen LogP contribution in [0.1, 0.15) is 42.6 Å². The van der Waals surface area contributed by atoms with Gasteiger partial charge >= 0.3 is 5.97 Å². The lowest BCUT2D eigenvalue weighted by Crippen LogP contribution is -2.38. The van der Waals surface area contributed by atoms with Gasteiger partial charge in [-0.1, -0.05) is 61.5 Å². The lowest BCUT2D eigenvalue weighted by Gasteiger charge is -2.22. The summed E-state index contributed by atoms with van der Waals surface area (Å²) in [5, 5.41) is 12.2. The topological polar surface area (TPSA) is 75.6 Å². The number of phenols is 1. The van der Waals surface area contributed by atoms with Gasteiger partial charge in [0.1, 0.15) is 0 Å². The fourth-order valence-corrected chi connectivity index (χ4v) is 3.87. The standard InChI is InChI=1S/C28H29F2NO4/c1-3-35-28(34)18(2)17-22(31-27(33)23-15-16-24(29)26(32)25(23)30)14-11-19-9-12-21(13-10-19)20-7-5-4-6-8-20/h4-10,12-13,15-16,18,22,32H,3,11,14,17H2,1-2H3,(H,31,33)/t18-,22-/m1/s1. The van der Waals surface area contributed by atoms with E-state index in [9.17, 15) is 23.5 Å². The van der Waals surface area contributed by atoms with Crippen LogP contribution in [-0.2, 0) is 16.0 Å². The molecule has 7 heteroatoms. The smallest absolute Gasteiger partial charge is 0.308 e. The Labute approximate surface area is 203 Å². The molecule has 0 unspecified atom stereocenters. The van der Waals surface area contributed by atoms with E-state index >= 15 is 0 Å². The Hall–Kier alpha value is -3.74. The van der Waals surface area contributed by atoms with Gasteiger partial charge in [0.05, 0.1) is 18.1 Å². The number of hydrogen-bond acceptors (Lipinski definition) is 4. The molecule has 184 valence electrons. The van der Waals surface area contributed by atoms with Gasteiger partial charge in [-0.3, -0.25) is 9.59 Å². The molecular weight excluding hydrogens is 452 g/mol. The van der Waals surface area contributed by atoms with Crippen molar-refractivity contribution in [2.45, 2.75) is 39.2 Å². The number of carbonyl (C=O) groups excluding carboxylic acids is 2. The molecule has 3 aromatic rings. The molecule has 0 fully saturated rings. The number of nitrogens with one attached hydrogen (secondary N) is 1. The third-order valence-electron chi connectivity index (χ3n) is 5.82. The van der Waals surface area contributed by atoms with Crippen molar-refractivity contribution < 1.29 is 28.2 Å². The molecule has 2 N–H and O–H groups in total. The van der Waals surface area contributed by atoms with Gasteiger partial charge in [0.2, 0.25) is 0 Å². The third-order valence-corrected chi connectivity index (χ3v) is 5.82.